The molecule has 0 saturated heterocycles. The van der Waals surface area contributed by atoms with E-state index in [4.69, 9.17) is 4.74 Å². The van der Waals surface area contributed by atoms with Crippen molar-refractivity contribution in [3.8, 4) is 16.9 Å². The quantitative estimate of drug-likeness (QED) is 0.309. The minimum atomic E-state index is 0.279. The van der Waals surface area contributed by atoms with Gasteiger partial charge in [-0.15, -0.1) is 0 Å². The SMILES string of the molecule is CCCCCCCc1ccc(-c2ccc(O[C@H](C)CCCCCC)cc2)cn1. The van der Waals surface area contributed by atoms with Gasteiger partial charge in [-0.1, -0.05) is 77.0 Å². The van der Waals surface area contributed by atoms with E-state index in [-0.39, 0.29) is 6.10 Å². The van der Waals surface area contributed by atoms with Crippen molar-refractivity contribution in [2.75, 3.05) is 0 Å². The van der Waals surface area contributed by atoms with Crippen LogP contribution in [0.1, 0.15) is 90.7 Å². The molecule has 0 radical (unpaired) electrons. The number of aromatic nitrogens is 1. The number of hydrogen-bond acceptors (Lipinski definition) is 2. The zero-order valence-corrected chi connectivity index (χ0v) is 18.3. The van der Waals surface area contributed by atoms with Gasteiger partial charge < -0.3 is 4.74 Å². The summed E-state index contributed by atoms with van der Waals surface area (Å²) < 4.78 is 6.06. The van der Waals surface area contributed by atoms with E-state index in [9.17, 15) is 0 Å². The van der Waals surface area contributed by atoms with E-state index in [2.05, 4.69) is 62.2 Å². The van der Waals surface area contributed by atoms with E-state index in [1.165, 1.54) is 74.6 Å². The smallest absolute Gasteiger partial charge is 0.119 e. The fourth-order valence-electron chi connectivity index (χ4n) is 3.53. The molecular weight excluding hydrogens is 342 g/mol. The predicted octanol–water partition coefficient (Wildman–Crippen LogP) is 8.00. The highest BCUT2D eigenvalue weighted by atomic mass is 16.5. The average molecular weight is 382 g/mol. The van der Waals surface area contributed by atoms with Crippen molar-refractivity contribution in [3.63, 3.8) is 0 Å². The zero-order chi connectivity index (χ0) is 20.0. The lowest BCUT2D eigenvalue weighted by Gasteiger charge is -2.15. The number of nitrogens with zero attached hydrogens (tertiary/aromatic N) is 1. The Morgan fingerprint density at radius 3 is 2.04 bits per heavy atom. The fourth-order valence-corrected chi connectivity index (χ4v) is 3.53. The number of hydrogen-bond donors (Lipinski definition) is 0. The molecule has 1 heterocycles. The second-order valence-electron chi connectivity index (χ2n) is 8.00. The third-order valence-corrected chi connectivity index (χ3v) is 5.35. The van der Waals surface area contributed by atoms with Crippen molar-refractivity contribution >= 4 is 0 Å². The molecule has 0 amide bonds. The van der Waals surface area contributed by atoms with Crippen LogP contribution in [0.4, 0.5) is 0 Å². The van der Waals surface area contributed by atoms with Crippen molar-refractivity contribution in [3.05, 3.63) is 48.3 Å². The topological polar surface area (TPSA) is 22.1 Å². The Morgan fingerprint density at radius 1 is 0.750 bits per heavy atom. The summed E-state index contributed by atoms with van der Waals surface area (Å²) in [5.41, 5.74) is 3.58. The molecule has 0 N–H and O–H groups in total. The summed E-state index contributed by atoms with van der Waals surface area (Å²) in [6.45, 7) is 6.68. The third-order valence-electron chi connectivity index (χ3n) is 5.35. The van der Waals surface area contributed by atoms with E-state index in [1.807, 2.05) is 6.20 Å². The minimum absolute atomic E-state index is 0.279. The van der Waals surface area contributed by atoms with Crippen molar-refractivity contribution in [1.29, 1.82) is 0 Å². The van der Waals surface area contributed by atoms with Crippen molar-refractivity contribution in [2.45, 2.75) is 97.5 Å². The Kier molecular flexibility index (Phi) is 10.7. The van der Waals surface area contributed by atoms with Gasteiger partial charge in [-0.25, -0.2) is 0 Å². The Morgan fingerprint density at radius 2 is 1.39 bits per heavy atom. The highest BCUT2D eigenvalue weighted by Crippen LogP contribution is 2.23. The molecule has 2 rings (SSSR count). The maximum absolute atomic E-state index is 6.06. The maximum atomic E-state index is 6.06. The molecule has 0 spiro atoms. The van der Waals surface area contributed by atoms with E-state index in [0.717, 1.165) is 18.6 Å². The minimum Gasteiger partial charge on any atom is -0.491 e. The van der Waals surface area contributed by atoms with Crippen LogP contribution in [0.5, 0.6) is 5.75 Å². The first kappa shape index (κ1) is 22.5. The molecular formula is C26H39NO. The first-order valence-corrected chi connectivity index (χ1v) is 11.4. The molecule has 1 aromatic carbocycles. The summed E-state index contributed by atoms with van der Waals surface area (Å²) in [7, 11) is 0. The fraction of sp³-hybridized carbons (Fsp3) is 0.577. The first-order chi connectivity index (χ1) is 13.7. The highest BCUT2D eigenvalue weighted by Gasteiger charge is 2.05. The second-order valence-corrected chi connectivity index (χ2v) is 8.00. The van der Waals surface area contributed by atoms with Crippen LogP contribution in [0, 0.1) is 0 Å². The Hall–Kier alpha value is -1.83. The van der Waals surface area contributed by atoms with Gasteiger partial charge in [0.1, 0.15) is 5.75 Å². The van der Waals surface area contributed by atoms with Gasteiger partial charge in [-0.3, -0.25) is 4.98 Å². The van der Waals surface area contributed by atoms with E-state index < -0.39 is 0 Å². The van der Waals surface area contributed by atoms with Gasteiger partial charge in [-0.2, -0.15) is 0 Å². The molecule has 154 valence electrons. The summed E-state index contributed by atoms with van der Waals surface area (Å²) in [4.78, 5) is 4.66. The molecule has 2 nitrogen and oxygen atoms in total. The first-order valence-electron chi connectivity index (χ1n) is 11.4. The maximum Gasteiger partial charge on any atom is 0.119 e. The molecule has 0 saturated carbocycles. The Bertz CT molecular complexity index is 632. The lowest BCUT2D eigenvalue weighted by Crippen LogP contribution is -2.11. The third kappa shape index (κ3) is 8.46. The van der Waals surface area contributed by atoms with Gasteiger partial charge in [-0.05, 0) is 56.4 Å². The molecule has 28 heavy (non-hydrogen) atoms. The summed E-state index contributed by atoms with van der Waals surface area (Å²) in [6.07, 6.45) is 16.2. The standard InChI is InChI=1S/C26H39NO/c1-4-6-8-10-12-14-25-18-15-24(21-27-25)23-16-19-26(20-17-23)28-22(3)13-11-9-7-5-2/h15-22H,4-14H2,1-3H3/t22-/m1/s1. The van der Waals surface area contributed by atoms with Crippen LogP contribution in [0.15, 0.2) is 42.6 Å². The molecule has 0 aliphatic carbocycles. The van der Waals surface area contributed by atoms with Crippen molar-refractivity contribution in [2.24, 2.45) is 0 Å². The summed E-state index contributed by atoms with van der Waals surface area (Å²) in [5, 5.41) is 0. The van der Waals surface area contributed by atoms with Crippen LogP contribution in [-0.2, 0) is 6.42 Å². The number of rotatable bonds is 14. The van der Waals surface area contributed by atoms with Crippen LogP contribution in [0.25, 0.3) is 11.1 Å². The van der Waals surface area contributed by atoms with Crippen molar-refractivity contribution in [1.82, 2.24) is 4.98 Å². The lowest BCUT2D eigenvalue weighted by atomic mass is 10.1. The predicted molar refractivity (Wildman–Crippen MR) is 121 cm³/mol. The van der Waals surface area contributed by atoms with Gasteiger partial charge in [0.2, 0.25) is 0 Å². The largest absolute Gasteiger partial charge is 0.491 e. The Balaban J connectivity index is 1.79. The monoisotopic (exact) mass is 381 g/mol. The van der Waals surface area contributed by atoms with Crippen LogP contribution in [0.2, 0.25) is 0 Å². The second kappa shape index (κ2) is 13.4. The van der Waals surface area contributed by atoms with Crippen LogP contribution in [0.3, 0.4) is 0 Å². The van der Waals surface area contributed by atoms with Gasteiger partial charge >= 0.3 is 0 Å². The molecule has 1 atom stereocenters. The van der Waals surface area contributed by atoms with E-state index in [0.29, 0.717) is 0 Å². The number of aryl methyl sites for hydroxylation is 1. The molecule has 2 heteroatoms. The number of ether oxygens (including phenoxy) is 1. The van der Waals surface area contributed by atoms with E-state index in [1.54, 1.807) is 0 Å². The number of benzene rings is 1. The highest BCUT2D eigenvalue weighted by molar-refractivity contribution is 5.63. The normalized spacial score (nSPS) is 12.1. The van der Waals surface area contributed by atoms with Crippen LogP contribution >= 0.6 is 0 Å². The van der Waals surface area contributed by atoms with E-state index >= 15 is 0 Å². The molecule has 2 aromatic rings. The van der Waals surface area contributed by atoms with Crippen LogP contribution < -0.4 is 4.74 Å². The van der Waals surface area contributed by atoms with Gasteiger partial charge in [0.25, 0.3) is 0 Å². The molecule has 0 bridgehead atoms. The Labute approximate surface area is 172 Å². The summed E-state index contributed by atoms with van der Waals surface area (Å²) in [6, 6.07) is 12.8. The number of unbranched alkanes of at least 4 members (excludes halogenated alkanes) is 7. The summed E-state index contributed by atoms with van der Waals surface area (Å²) >= 11 is 0. The zero-order valence-electron chi connectivity index (χ0n) is 18.3. The van der Waals surface area contributed by atoms with Crippen molar-refractivity contribution < 1.29 is 4.74 Å². The molecule has 1 aromatic heterocycles. The van der Waals surface area contributed by atoms with Crippen LogP contribution in [-0.4, -0.2) is 11.1 Å². The van der Waals surface area contributed by atoms with Gasteiger partial charge in [0.15, 0.2) is 0 Å². The summed E-state index contributed by atoms with van der Waals surface area (Å²) in [5.74, 6) is 0.961. The molecule has 0 aliphatic rings. The molecule has 0 aliphatic heterocycles. The molecule has 0 unspecified atom stereocenters. The van der Waals surface area contributed by atoms with Gasteiger partial charge in [0.05, 0.1) is 6.10 Å². The number of pyridine rings is 1. The molecule has 0 fully saturated rings. The average Bonchev–Trinajstić information content (AvgIpc) is 2.72. The van der Waals surface area contributed by atoms with Gasteiger partial charge in [0, 0.05) is 17.5 Å². The lowest BCUT2D eigenvalue weighted by molar-refractivity contribution is 0.206.